The van der Waals surface area contributed by atoms with E-state index in [4.69, 9.17) is 9.47 Å². The third-order valence-corrected chi connectivity index (χ3v) is 5.95. The van der Waals surface area contributed by atoms with Gasteiger partial charge in [-0.25, -0.2) is 0 Å². The van der Waals surface area contributed by atoms with E-state index in [1.165, 1.54) is 7.11 Å². The summed E-state index contributed by atoms with van der Waals surface area (Å²) in [7, 11) is 3.04. The maximum atomic E-state index is 12.5. The van der Waals surface area contributed by atoms with Gasteiger partial charge in [-0.15, -0.1) is 0 Å². The van der Waals surface area contributed by atoms with Crippen LogP contribution in [0.5, 0.6) is 0 Å². The van der Waals surface area contributed by atoms with Crippen molar-refractivity contribution in [3.8, 4) is 0 Å². The summed E-state index contributed by atoms with van der Waals surface area (Å²) in [5, 5.41) is 0. The van der Waals surface area contributed by atoms with E-state index >= 15 is 0 Å². The molecule has 0 saturated heterocycles. The van der Waals surface area contributed by atoms with Gasteiger partial charge in [0.1, 0.15) is 11.0 Å². The molecule has 0 aromatic carbocycles. The highest BCUT2D eigenvalue weighted by molar-refractivity contribution is 5.99. The summed E-state index contributed by atoms with van der Waals surface area (Å²) in [5.74, 6) is 0.758. The molecule has 4 heteroatoms. The normalized spacial score (nSPS) is 45.2. The number of ether oxygens (including phenoxy) is 2. The molecule has 0 aliphatic heterocycles. The standard InChI is InChI=1S/C16H22O4/c1-9(2)10-8-15(14(18)19-3)6-5-13(17)12-7-11(10)16(12,15)20-4/h5-6,9-12H,7-8H2,1-4H3. The van der Waals surface area contributed by atoms with Crippen LogP contribution in [0.1, 0.15) is 26.7 Å². The van der Waals surface area contributed by atoms with Gasteiger partial charge in [0.25, 0.3) is 0 Å². The molecule has 110 valence electrons. The van der Waals surface area contributed by atoms with Gasteiger partial charge in [0.2, 0.25) is 0 Å². The van der Waals surface area contributed by atoms with Crippen molar-refractivity contribution >= 4 is 11.8 Å². The minimum Gasteiger partial charge on any atom is -0.468 e. The Labute approximate surface area is 119 Å². The first-order valence-corrected chi connectivity index (χ1v) is 7.31. The van der Waals surface area contributed by atoms with E-state index in [9.17, 15) is 9.59 Å². The van der Waals surface area contributed by atoms with Gasteiger partial charge in [-0.2, -0.15) is 0 Å². The predicted molar refractivity (Wildman–Crippen MR) is 72.9 cm³/mol. The fourth-order valence-corrected chi connectivity index (χ4v) is 5.05. The first-order chi connectivity index (χ1) is 9.44. The van der Waals surface area contributed by atoms with E-state index in [0.717, 1.165) is 12.8 Å². The van der Waals surface area contributed by atoms with Crippen LogP contribution in [0.3, 0.4) is 0 Å². The molecule has 0 aromatic rings. The molecule has 0 N–H and O–H groups in total. The lowest BCUT2D eigenvalue weighted by Crippen LogP contribution is -2.68. The smallest absolute Gasteiger partial charge is 0.318 e. The Morgan fingerprint density at radius 1 is 1.40 bits per heavy atom. The number of esters is 1. The van der Waals surface area contributed by atoms with Crippen LogP contribution >= 0.6 is 0 Å². The van der Waals surface area contributed by atoms with Crippen LogP contribution in [-0.4, -0.2) is 31.6 Å². The third-order valence-electron chi connectivity index (χ3n) is 5.95. The summed E-state index contributed by atoms with van der Waals surface area (Å²) in [6, 6.07) is 0. The summed E-state index contributed by atoms with van der Waals surface area (Å²) in [6.07, 6.45) is 4.88. The van der Waals surface area contributed by atoms with E-state index in [-0.39, 0.29) is 23.6 Å². The van der Waals surface area contributed by atoms with Gasteiger partial charge in [-0.05, 0) is 36.7 Å². The van der Waals surface area contributed by atoms with E-state index in [1.807, 2.05) is 0 Å². The van der Waals surface area contributed by atoms with Crippen LogP contribution in [-0.2, 0) is 19.1 Å². The topological polar surface area (TPSA) is 52.6 Å². The second-order valence-corrected chi connectivity index (χ2v) is 6.70. The van der Waals surface area contributed by atoms with Crippen molar-refractivity contribution in [3.63, 3.8) is 0 Å². The molecule has 3 rings (SSSR count). The summed E-state index contributed by atoms with van der Waals surface area (Å²) >= 11 is 0. The molecule has 0 bridgehead atoms. The minimum absolute atomic E-state index is 0.0898. The van der Waals surface area contributed by atoms with E-state index in [0.29, 0.717) is 11.8 Å². The van der Waals surface area contributed by atoms with Crippen molar-refractivity contribution in [2.45, 2.75) is 32.3 Å². The number of carbonyl (C=O) groups excluding carboxylic acids is 2. The zero-order valence-electron chi connectivity index (χ0n) is 12.5. The Morgan fingerprint density at radius 3 is 2.65 bits per heavy atom. The molecule has 0 heterocycles. The molecule has 0 radical (unpaired) electrons. The second-order valence-electron chi connectivity index (χ2n) is 6.70. The van der Waals surface area contributed by atoms with Crippen molar-refractivity contribution in [3.05, 3.63) is 12.2 Å². The fraction of sp³-hybridized carbons (Fsp3) is 0.750. The summed E-state index contributed by atoms with van der Waals surface area (Å²) in [6.45, 7) is 4.35. The van der Waals surface area contributed by atoms with Crippen molar-refractivity contribution in [2.24, 2.45) is 29.1 Å². The van der Waals surface area contributed by atoms with Crippen molar-refractivity contribution in [1.29, 1.82) is 0 Å². The molecule has 2 saturated carbocycles. The number of carbonyl (C=O) groups is 2. The fourth-order valence-electron chi connectivity index (χ4n) is 5.05. The predicted octanol–water partition coefficient (Wildman–Crippen LogP) is 1.98. The van der Waals surface area contributed by atoms with Gasteiger partial charge < -0.3 is 9.47 Å². The maximum absolute atomic E-state index is 12.5. The Hall–Kier alpha value is -1.16. The highest BCUT2D eigenvalue weighted by Crippen LogP contribution is 2.70. The molecule has 2 fully saturated rings. The molecule has 0 amide bonds. The van der Waals surface area contributed by atoms with Gasteiger partial charge in [0.05, 0.1) is 13.0 Å². The zero-order chi connectivity index (χ0) is 14.7. The molecule has 3 aliphatic rings. The highest BCUT2D eigenvalue weighted by Gasteiger charge is 2.78. The Morgan fingerprint density at radius 2 is 2.10 bits per heavy atom. The van der Waals surface area contributed by atoms with E-state index < -0.39 is 11.0 Å². The summed E-state index contributed by atoms with van der Waals surface area (Å²) in [4.78, 5) is 24.7. The third kappa shape index (κ3) is 1.26. The monoisotopic (exact) mass is 278 g/mol. The number of methoxy groups -OCH3 is 2. The maximum Gasteiger partial charge on any atom is 0.318 e. The van der Waals surface area contributed by atoms with Crippen LogP contribution in [0.2, 0.25) is 0 Å². The van der Waals surface area contributed by atoms with Crippen LogP contribution in [0.4, 0.5) is 0 Å². The lowest BCUT2D eigenvalue weighted by atomic mass is 9.50. The first-order valence-electron chi connectivity index (χ1n) is 7.31. The second kappa shape index (κ2) is 4.17. The van der Waals surface area contributed by atoms with Crippen molar-refractivity contribution < 1.29 is 19.1 Å². The van der Waals surface area contributed by atoms with Crippen molar-refractivity contribution in [2.75, 3.05) is 14.2 Å². The quantitative estimate of drug-likeness (QED) is 0.741. The lowest BCUT2D eigenvalue weighted by molar-refractivity contribution is -0.219. The summed E-state index contributed by atoms with van der Waals surface area (Å²) in [5.41, 5.74) is -1.46. The van der Waals surface area contributed by atoms with Crippen LogP contribution in [0, 0.1) is 29.1 Å². The lowest BCUT2D eigenvalue weighted by Gasteiger charge is -2.58. The number of allylic oxidation sites excluding steroid dienone is 1. The molecule has 0 spiro atoms. The van der Waals surface area contributed by atoms with Gasteiger partial charge in [-0.1, -0.05) is 19.9 Å². The van der Waals surface area contributed by atoms with Gasteiger partial charge in [0.15, 0.2) is 5.78 Å². The van der Waals surface area contributed by atoms with Crippen LogP contribution in [0.25, 0.3) is 0 Å². The number of hydrogen-bond acceptors (Lipinski definition) is 4. The van der Waals surface area contributed by atoms with Gasteiger partial charge >= 0.3 is 5.97 Å². The molecular weight excluding hydrogens is 256 g/mol. The molecule has 3 aliphatic carbocycles. The number of hydrogen-bond donors (Lipinski definition) is 0. The Bertz CT molecular complexity index is 495. The van der Waals surface area contributed by atoms with E-state index in [1.54, 1.807) is 19.3 Å². The largest absolute Gasteiger partial charge is 0.468 e. The average Bonchev–Trinajstić information content (AvgIpc) is 2.67. The van der Waals surface area contributed by atoms with Gasteiger partial charge in [0, 0.05) is 7.11 Å². The summed E-state index contributed by atoms with van der Waals surface area (Å²) < 4.78 is 10.9. The molecular formula is C16H22O4. The number of ketones is 1. The average molecular weight is 278 g/mol. The zero-order valence-corrected chi connectivity index (χ0v) is 12.5. The molecule has 0 aromatic heterocycles. The highest BCUT2D eigenvalue weighted by atomic mass is 16.5. The molecule has 20 heavy (non-hydrogen) atoms. The SMILES string of the molecule is COC(=O)C12C=CC(=O)C3CC(C(C(C)C)C1)C32OC. The van der Waals surface area contributed by atoms with Gasteiger partial charge in [-0.3, -0.25) is 9.59 Å². The molecule has 5 unspecified atom stereocenters. The molecule has 5 atom stereocenters. The van der Waals surface area contributed by atoms with Crippen LogP contribution < -0.4 is 0 Å². The van der Waals surface area contributed by atoms with E-state index in [2.05, 4.69) is 13.8 Å². The van der Waals surface area contributed by atoms with Crippen molar-refractivity contribution in [1.82, 2.24) is 0 Å². The number of rotatable bonds is 3. The molecule has 4 nitrogen and oxygen atoms in total. The first kappa shape index (κ1) is 13.8. The Balaban J connectivity index is 2.16. The van der Waals surface area contributed by atoms with Crippen LogP contribution in [0.15, 0.2) is 12.2 Å². The minimum atomic E-state index is -0.785. The Kier molecular flexibility index (Phi) is 2.88.